The molecule has 4 nitrogen and oxygen atoms in total. The third-order valence-electron chi connectivity index (χ3n) is 9.16. The lowest BCUT2D eigenvalue weighted by Crippen LogP contribution is -2.41. The highest BCUT2D eigenvalue weighted by Gasteiger charge is 2.51. The Hall–Kier alpha value is -4.32. The van der Waals surface area contributed by atoms with Gasteiger partial charge in [-0.15, -0.1) is 0 Å². The van der Waals surface area contributed by atoms with Crippen molar-refractivity contribution in [2.24, 2.45) is 0 Å². The van der Waals surface area contributed by atoms with Gasteiger partial charge >= 0.3 is 7.12 Å². The zero-order chi connectivity index (χ0) is 27.9. The first-order chi connectivity index (χ1) is 19.8. The predicted molar refractivity (Wildman–Crippen MR) is 171 cm³/mol. The average molecular weight is 534 g/mol. The third kappa shape index (κ3) is 3.49. The summed E-state index contributed by atoms with van der Waals surface area (Å²) in [4.78, 5) is 0. The van der Waals surface area contributed by atoms with E-state index in [-0.39, 0.29) is 18.3 Å². The van der Waals surface area contributed by atoms with Crippen LogP contribution in [0, 0.1) is 0 Å². The van der Waals surface area contributed by atoms with Crippen LogP contribution in [-0.2, 0) is 9.31 Å². The molecule has 2 aromatic heterocycles. The molecule has 5 heteroatoms. The first-order valence-corrected chi connectivity index (χ1v) is 14.3. The second-order valence-electron chi connectivity index (χ2n) is 12.1. The third-order valence-corrected chi connectivity index (χ3v) is 9.16. The molecule has 5 aromatic carbocycles. The SMILES string of the molecule is CC1(C)OB(c2ccc(-n3c4ccccc4c4c5c6ccccc6n(-c6ccccc6)c5ccc43)cc2)OC1(C)C. The average Bonchev–Trinajstić information content (AvgIpc) is 3.57. The van der Waals surface area contributed by atoms with E-state index in [1.165, 1.54) is 49.3 Å². The molecule has 3 heterocycles. The van der Waals surface area contributed by atoms with Gasteiger partial charge < -0.3 is 18.4 Å². The highest BCUT2D eigenvalue weighted by atomic mass is 16.7. The number of hydrogen-bond acceptors (Lipinski definition) is 2. The molecule has 0 saturated carbocycles. The topological polar surface area (TPSA) is 28.3 Å². The molecule has 0 radical (unpaired) electrons. The molecule has 41 heavy (non-hydrogen) atoms. The van der Waals surface area contributed by atoms with Gasteiger partial charge in [-0.3, -0.25) is 0 Å². The van der Waals surface area contributed by atoms with E-state index in [4.69, 9.17) is 9.31 Å². The van der Waals surface area contributed by atoms with Gasteiger partial charge in [-0.25, -0.2) is 0 Å². The van der Waals surface area contributed by atoms with Gasteiger partial charge in [0.1, 0.15) is 0 Å². The van der Waals surface area contributed by atoms with E-state index in [1.807, 2.05) is 0 Å². The van der Waals surface area contributed by atoms with Gasteiger partial charge in [-0.05, 0) is 81.7 Å². The smallest absolute Gasteiger partial charge is 0.399 e. The Morgan fingerprint density at radius 1 is 0.463 bits per heavy atom. The van der Waals surface area contributed by atoms with E-state index in [2.05, 4.69) is 152 Å². The molecule has 200 valence electrons. The van der Waals surface area contributed by atoms with Crippen LogP contribution in [0.2, 0.25) is 0 Å². The Labute approximate surface area is 239 Å². The number of benzene rings is 5. The van der Waals surface area contributed by atoms with Gasteiger partial charge in [-0.2, -0.15) is 0 Å². The fourth-order valence-corrected chi connectivity index (χ4v) is 6.41. The van der Waals surface area contributed by atoms with Gasteiger partial charge in [0, 0.05) is 32.9 Å². The van der Waals surface area contributed by atoms with Crippen molar-refractivity contribution in [1.82, 2.24) is 9.13 Å². The molecule has 0 bridgehead atoms. The Bertz CT molecular complexity index is 2090. The molecular weight excluding hydrogens is 503 g/mol. The zero-order valence-electron chi connectivity index (χ0n) is 23.8. The van der Waals surface area contributed by atoms with Crippen molar-refractivity contribution in [3.63, 3.8) is 0 Å². The summed E-state index contributed by atoms with van der Waals surface area (Å²) in [5.41, 5.74) is 7.38. The van der Waals surface area contributed by atoms with Crippen molar-refractivity contribution in [3.8, 4) is 11.4 Å². The van der Waals surface area contributed by atoms with Crippen molar-refractivity contribution in [3.05, 3.63) is 115 Å². The van der Waals surface area contributed by atoms with E-state index >= 15 is 0 Å². The molecule has 1 aliphatic heterocycles. The van der Waals surface area contributed by atoms with Crippen LogP contribution >= 0.6 is 0 Å². The summed E-state index contributed by atoms with van der Waals surface area (Å²) in [5, 5.41) is 5.07. The Kier molecular flexibility index (Phi) is 5.13. The molecule has 1 saturated heterocycles. The van der Waals surface area contributed by atoms with Crippen molar-refractivity contribution >= 4 is 56.2 Å². The van der Waals surface area contributed by atoms with Crippen LogP contribution in [0.3, 0.4) is 0 Å². The van der Waals surface area contributed by atoms with Crippen LogP contribution in [0.5, 0.6) is 0 Å². The zero-order valence-corrected chi connectivity index (χ0v) is 23.8. The molecule has 1 aliphatic rings. The van der Waals surface area contributed by atoms with E-state index in [0.717, 1.165) is 11.2 Å². The minimum atomic E-state index is -0.379. The number of nitrogens with zero attached hydrogens (tertiary/aromatic N) is 2. The largest absolute Gasteiger partial charge is 0.494 e. The molecule has 0 amide bonds. The molecule has 1 fully saturated rings. The van der Waals surface area contributed by atoms with Crippen LogP contribution in [0.25, 0.3) is 55.0 Å². The molecule has 0 atom stereocenters. The summed E-state index contributed by atoms with van der Waals surface area (Å²) in [5.74, 6) is 0. The summed E-state index contributed by atoms with van der Waals surface area (Å²) >= 11 is 0. The molecule has 0 spiro atoms. The summed E-state index contributed by atoms with van der Waals surface area (Å²) in [7, 11) is -0.379. The standard InChI is InChI=1S/C36H31BN2O2/c1-35(2)36(3,4)41-37(40-35)24-18-20-26(21-19-24)39-30-17-11-9-15-28(30)34-32(39)23-22-31-33(34)27-14-8-10-16-29(27)38(31)25-12-6-5-7-13-25/h5-23H,1-4H3. The Morgan fingerprint density at radius 2 is 0.902 bits per heavy atom. The minimum Gasteiger partial charge on any atom is -0.399 e. The molecule has 8 rings (SSSR count). The summed E-state index contributed by atoms with van der Waals surface area (Å²) in [6, 6.07) is 41.3. The first kappa shape index (κ1) is 24.5. The lowest BCUT2D eigenvalue weighted by Gasteiger charge is -2.32. The van der Waals surface area contributed by atoms with Crippen LogP contribution in [0.1, 0.15) is 27.7 Å². The number of aromatic nitrogens is 2. The molecule has 0 unspecified atom stereocenters. The van der Waals surface area contributed by atoms with E-state index < -0.39 is 0 Å². The second-order valence-corrected chi connectivity index (χ2v) is 12.1. The normalized spacial score (nSPS) is 16.4. The fourth-order valence-electron chi connectivity index (χ4n) is 6.41. The van der Waals surface area contributed by atoms with E-state index in [9.17, 15) is 0 Å². The maximum Gasteiger partial charge on any atom is 0.494 e. The molecule has 0 aliphatic carbocycles. The van der Waals surface area contributed by atoms with E-state index in [0.29, 0.717) is 0 Å². The van der Waals surface area contributed by atoms with Gasteiger partial charge in [0.2, 0.25) is 0 Å². The van der Waals surface area contributed by atoms with Crippen LogP contribution < -0.4 is 5.46 Å². The Balaban J connectivity index is 1.37. The maximum atomic E-state index is 6.32. The highest BCUT2D eigenvalue weighted by Crippen LogP contribution is 2.42. The highest BCUT2D eigenvalue weighted by molar-refractivity contribution is 6.62. The minimum absolute atomic E-state index is 0.368. The quantitative estimate of drug-likeness (QED) is 0.214. The summed E-state index contributed by atoms with van der Waals surface area (Å²) in [6.07, 6.45) is 0. The number of fused-ring (bicyclic) bond motifs is 7. The van der Waals surface area contributed by atoms with Gasteiger partial charge in [0.05, 0.1) is 33.3 Å². The molecular formula is C36H31BN2O2. The first-order valence-electron chi connectivity index (χ1n) is 14.3. The number of hydrogen-bond donors (Lipinski definition) is 0. The van der Waals surface area contributed by atoms with Crippen LogP contribution in [-0.4, -0.2) is 27.5 Å². The Morgan fingerprint density at radius 3 is 1.41 bits per heavy atom. The summed E-state index contributed by atoms with van der Waals surface area (Å²) in [6.45, 7) is 8.37. The lowest BCUT2D eigenvalue weighted by molar-refractivity contribution is 0.00578. The van der Waals surface area contributed by atoms with Gasteiger partial charge in [-0.1, -0.05) is 66.7 Å². The number of para-hydroxylation sites is 3. The van der Waals surface area contributed by atoms with Crippen molar-refractivity contribution in [2.75, 3.05) is 0 Å². The van der Waals surface area contributed by atoms with Gasteiger partial charge in [0.15, 0.2) is 0 Å². The second kappa shape index (κ2) is 8.59. The predicted octanol–water partition coefficient (Wildman–Crippen LogP) is 8.18. The maximum absolute atomic E-state index is 6.32. The summed E-state index contributed by atoms with van der Waals surface area (Å²) < 4.78 is 17.4. The van der Waals surface area contributed by atoms with Gasteiger partial charge in [0.25, 0.3) is 0 Å². The lowest BCUT2D eigenvalue weighted by atomic mass is 9.79. The van der Waals surface area contributed by atoms with Crippen molar-refractivity contribution < 1.29 is 9.31 Å². The molecule has 7 aromatic rings. The monoisotopic (exact) mass is 534 g/mol. The fraction of sp³-hybridized carbons (Fsp3) is 0.167. The van der Waals surface area contributed by atoms with Crippen LogP contribution in [0.4, 0.5) is 0 Å². The molecule has 0 N–H and O–H groups in total. The van der Waals surface area contributed by atoms with Crippen LogP contribution in [0.15, 0.2) is 115 Å². The number of rotatable bonds is 3. The van der Waals surface area contributed by atoms with Crippen molar-refractivity contribution in [1.29, 1.82) is 0 Å². The van der Waals surface area contributed by atoms with E-state index in [1.54, 1.807) is 0 Å². The van der Waals surface area contributed by atoms with Crippen molar-refractivity contribution in [2.45, 2.75) is 38.9 Å².